The second-order valence-corrected chi connectivity index (χ2v) is 14.3. The molecule has 0 saturated heterocycles. The molecule has 0 aromatic heterocycles. The summed E-state index contributed by atoms with van der Waals surface area (Å²) in [4.78, 5) is 63.2. The minimum atomic E-state index is -0.970. The number of rotatable bonds is 25. The summed E-state index contributed by atoms with van der Waals surface area (Å²) in [7, 11) is 0. The van der Waals surface area contributed by atoms with E-state index >= 15 is 0 Å². The second-order valence-electron chi connectivity index (χ2n) is 14.3. The Bertz CT molecular complexity index is 1270. The number of benzene rings is 1. The number of amides is 4. The molecule has 0 fully saturated rings. The predicted molar refractivity (Wildman–Crippen MR) is 202 cm³/mol. The monoisotopic (exact) mass is 715 g/mol. The number of aliphatic carboxylic acids is 1. The summed E-state index contributed by atoms with van der Waals surface area (Å²) in [5.41, 5.74) is 7.92. The summed E-state index contributed by atoms with van der Waals surface area (Å²) in [5, 5.41) is 27.4. The molecule has 6 atom stereocenters. The van der Waals surface area contributed by atoms with Crippen LogP contribution in [0.25, 0.3) is 0 Å². The molecule has 13 heteroatoms. The largest absolute Gasteiger partial charge is 0.481 e. The standard InChI is InChI=1S/C38H65N7O6/c1-10-13-31(43-38(51)35(25(7)11-2)44-32(46)14-12-15-33(47)48)26(8)42-30(20-23(3)4)22-40-27(9)36(49)45-34(24(5)6)37(50)41-21-28-16-18-29(39)19-17-28/h16-19,23-25,27,30-31,34-35,40,42H,8,10-15,20-22,39H2,1-7,9H3,(H,41,50)(H,43,51)(H,44,46)(H,45,49)(H,47,48)/t25-,27-,30?,31-,34?,35?/m0/s1. The van der Waals surface area contributed by atoms with Crippen LogP contribution in [-0.2, 0) is 30.5 Å². The summed E-state index contributed by atoms with van der Waals surface area (Å²) in [6.45, 7) is 20.6. The lowest BCUT2D eigenvalue weighted by Crippen LogP contribution is -2.56. The normalized spacial score (nSPS) is 14.8. The first-order valence-corrected chi connectivity index (χ1v) is 18.4. The number of anilines is 1. The number of nitrogens with one attached hydrogen (secondary N) is 6. The highest BCUT2D eigenvalue weighted by molar-refractivity contribution is 5.90. The Morgan fingerprint density at radius 2 is 1.47 bits per heavy atom. The number of carbonyl (C=O) groups excluding carboxylic acids is 4. The second kappa shape index (κ2) is 23.4. The SMILES string of the molecule is C=C(NC(CN[C@@H](C)C(=O)NC(C(=O)NCc1ccc(N)cc1)C(C)C)CC(C)C)[C@H](CCC)NC(=O)C(NC(=O)CCCC(=O)O)[C@@H](C)CC. The van der Waals surface area contributed by atoms with Gasteiger partial charge in [-0.2, -0.15) is 0 Å². The molecule has 1 rings (SSSR count). The molecule has 0 aliphatic heterocycles. The topological polar surface area (TPSA) is 204 Å². The maximum atomic E-state index is 13.5. The van der Waals surface area contributed by atoms with Gasteiger partial charge in [0.1, 0.15) is 12.1 Å². The lowest BCUT2D eigenvalue weighted by atomic mass is 9.96. The molecule has 0 saturated carbocycles. The zero-order valence-electron chi connectivity index (χ0n) is 32.1. The summed E-state index contributed by atoms with van der Waals surface area (Å²) in [6, 6.07) is 4.62. The van der Waals surface area contributed by atoms with E-state index in [1.165, 1.54) is 0 Å². The van der Waals surface area contributed by atoms with E-state index in [4.69, 9.17) is 10.8 Å². The van der Waals surface area contributed by atoms with Crippen molar-refractivity contribution >= 4 is 35.3 Å². The van der Waals surface area contributed by atoms with Crippen molar-refractivity contribution in [2.75, 3.05) is 12.3 Å². The van der Waals surface area contributed by atoms with E-state index in [1.807, 2.05) is 46.8 Å². The highest BCUT2D eigenvalue weighted by atomic mass is 16.4. The molecule has 0 heterocycles. The third kappa shape index (κ3) is 17.6. The van der Waals surface area contributed by atoms with Crippen LogP contribution < -0.4 is 37.6 Å². The van der Waals surface area contributed by atoms with Crippen molar-refractivity contribution in [2.24, 2.45) is 17.8 Å². The van der Waals surface area contributed by atoms with E-state index in [0.717, 1.165) is 18.4 Å². The molecule has 13 nitrogen and oxygen atoms in total. The van der Waals surface area contributed by atoms with Crippen LogP contribution in [-0.4, -0.2) is 71.5 Å². The molecule has 0 bridgehead atoms. The fourth-order valence-electron chi connectivity index (χ4n) is 5.52. The summed E-state index contributed by atoms with van der Waals surface area (Å²) >= 11 is 0. The molecule has 0 aliphatic carbocycles. The summed E-state index contributed by atoms with van der Waals surface area (Å²) in [5.74, 6) is -2.18. The van der Waals surface area contributed by atoms with E-state index in [9.17, 15) is 24.0 Å². The minimum absolute atomic E-state index is 0.0232. The summed E-state index contributed by atoms with van der Waals surface area (Å²) in [6.07, 6.45) is 2.91. The summed E-state index contributed by atoms with van der Waals surface area (Å²) < 4.78 is 0. The van der Waals surface area contributed by atoms with Gasteiger partial charge in [-0.15, -0.1) is 0 Å². The van der Waals surface area contributed by atoms with Crippen LogP contribution in [0.3, 0.4) is 0 Å². The van der Waals surface area contributed by atoms with Crippen LogP contribution >= 0.6 is 0 Å². The van der Waals surface area contributed by atoms with E-state index in [0.29, 0.717) is 43.2 Å². The van der Waals surface area contributed by atoms with Crippen molar-refractivity contribution in [2.45, 2.75) is 137 Å². The highest BCUT2D eigenvalue weighted by Gasteiger charge is 2.30. The van der Waals surface area contributed by atoms with Gasteiger partial charge in [0.25, 0.3) is 0 Å². The lowest BCUT2D eigenvalue weighted by Gasteiger charge is -2.31. The number of hydrogen-bond acceptors (Lipinski definition) is 8. The van der Waals surface area contributed by atoms with Crippen LogP contribution in [0.4, 0.5) is 5.69 Å². The van der Waals surface area contributed by atoms with Gasteiger partial charge in [-0.1, -0.05) is 80.0 Å². The minimum Gasteiger partial charge on any atom is -0.481 e. The van der Waals surface area contributed by atoms with Crippen molar-refractivity contribution in [1.29, 1.82) is 0 Å². The Balaban J connectivity index is 2.89. The van der Waals surface area contributed by atoms with Gasteiger partial charge < -0.3 is 42.7 Å². The quantitative estimate of drug-likeness (QED) is 0.0696. The van der Waals surface area contributed by atoms with Crippen molar-refractivity contribution in [3.63, 3.8) is 0 Å². The highest BCUT2D eigenvalue weighted by Crippen LogP contribution is 2.14. The molecule has 1 aromatic carbocycles. The van der Waals surface area contributed by atoms with Crippen LogP contribution in [0.15, 0.2) is 36.5 Å². The number of nitrogens with two attached hydrogens (primary N) is 1. The number of nitrogen functional groups attached to an aromatic ring is 1. The molecular weight excluding hydrogens is 650 g/mol. The third-order valence-electron chi connectivity index (χ3n) is 8.82. The zero-order valence-corrected chi connectivity index (χ0v) is 32.1. The van der Waals surface area contributed by atoms with Gasteiger partial charge >= 0.3 is 5.97 Å². The van der Waals surface area contributed by atoms with E-state index in [2.05, 4.69) is 52.3 Å². The number of carboxylic acids is 1. The van der Waals surface area contributed by atoms with Crippen LogP contribution in [0.1, 0.15) is 106 Å². The molecule has 0 spiro atoms. The first kappa shape index (κ1) is 44.9. The molecule has 9 N–H and O–H groups in total. The number of carbonyl (C=O) groups is 5. The molecule has 3 unspecified atom stereocenters. The Hall–Kier alpha value is -4.13. The zero-order chi connectivity index (χ0) is 38.7. The van der Waals surface area contributed by atoms with Crippen molar-refractivity contribution in [3.8, 4) is 0 Å². The Morgan fingerprint density at radius 3 is 2.02 bits per heavy atom. The Labute approximate surface area is 305 Å². The molecular formula is C38H65N7O6. The molecule has 4 amide bonds. The van der Waals surface area contributed by atoms with Crippen molar-refractivity contribution in [3.05, 3.63) is 42.1 Å². The lowest BCUT2D eigenvalue weighted by molar-refractivity contribution is -0.137. The molecule has 1 aromatic rings. The van der Waals surface area contributed by atoms with Gasteiger partial charge in [0, 0.05) is 43.4 Å². The first-order chi connectivity index (χ1) is 24.0. The van der Waals surface area contributed by atoms with Crippen LogP contribution in [0.2, 0.25) is 0 Å². The van der Waals surface area contributed by atoms with Gasteiger partial charge in [-0.3, -0.25) is 24.0 Å². The van der Waals surface area contributed by atoms with Gasteiger partial charge in [-0.05, 0) is 61.6 Å². The predicted octanol–water partition coefficient (Wildman–Crippen LogP) is 3.59. The Kier molecular flexibility index (Phi) is 20.6. The smallest absolute Gasteiger partial charge is 0.303 e. The van der Waals surface area contributed by atoms with Gasteiger partial charge in [0.15, 0.2) is 0 Å². The van der Waals surface area contributed by atoms with Crippen LogP contribution in [0.5, 0.6) is 0 Å². The van der Waals surface area contributed by atoms with Gasteiger partial charge in [0.05, 0.1) is 12.1 Å². The van der Waals surface area contributed by atoms with E-state index in [-0.39, 0.29) is 60.8 Å². The number of carboxylic acid groups (broad SMARTS) is 1. The maximum Gasteiger partial charge on any atom is 0.303 e. The molecule has 51 heavy (non-hydrogen) atoms. The van der Waals surface area contributed by atoms with Crippen molar-refractivity contribution < 1.29 is 29.1 Å². The molecule has 0 radical (unpaired) electrons. The van der Waals surface area contributed by atoms with Crippen LogP contribution in [0, 0.1) is 17.8 Å². The maximum absolute atomic E-state index is 13.5. The molecule has 288 valence electrons. The third-order valence-corrected chi connectivity index (χ3v) is 8.82. The Morgan fingerprint density at radius 1 is 0.824 bits per heavy atom. The fraction of sp³-hybridized carbons (Fsp3) is 0.658. The van der Waals surface area contributed by atoms with Gasteiger partial charge in [0.2, 0.25) is 23.6 Å². The fourth-order valence-corrected chi connectivity index (χ4v) is 5.52. The average molecular weight is 716 g/mol. The number of hydrogen-bond donors (Lipinski definition) is 8. The molecule has 0 aliphatic rings. The van der Waals surface area contributed by atoms with Gasteiger partial charge in [-0.25, -0.2) is 0 Å². The first-order valence-electron chi connectivity index (χ1n) is 18.4. The van der Waals surface area contributed by atoms with E-state index in [1.54, 1.807) is 19.1 Å². The average Bonchev–Trinajstić information content (AvgIpc) is 3.06. The van der Waals surface area contributed by atoms with E-state index < -0.39 is 30.1 Å². The van der Waals surface area contributed by atoms with Crippen molar-refractivity contribution in [1.82, 2.24) is 31.9 Å².